The van der Waals surface area contributed by atoms with Gasteiger partial charge in [0.2, 0.25) is 0 Å². The number of rotatable bonds is 8. The molecule has 0 radical (unpaired) electrons. The molecule has 0 aliphatic heterocycles. The van der Waals surface area contributed by atoms with Crippen molar-refractivity contribution in [1.82, 2.24) is 14.8 Å². The molecule has 8 heteroatoms. The number of benzene rings is 2. The van der Waals surface area contributed by atoms with Crippen molar-refractivity contribution in [2.75, 3.05) is 0 Å². The zero-order chi connectivity index (χ0) is 20.1. The van der Waals surface area contributed by atoms with Crippen LogP contribution in [-0.2, 0) is 12.3 Å². The zero-order valence-electron chi connectivity index (χ0n) is 15.1. The van der Waals surface area contributed by atoms with Crippen LogP contribution in [-0.4, -0.2) is 14.8 Å². The summed E-state index contributed by atoms with van der Waals surface area (Å²) in [6, 6.07) is 12.9. The number of allylic oxidation sites excluding steroid dienone is 1. The van der Waals surface area contributed by atoms with Gasteiger partial charge >= 0.3 is 0 Å². The summed E-state index contributed by atoms with van der Waals surface area (Å²) in [6.45, 7) is 6.30. The van der Waals surface area contributed by atoms with E-state index in [1.807, 2.05) is 35.8 Å². The second kappa shape index (κ2) is 9.70. The largest absolute Gasteiger partial charge is 0.481 e. The van der Waals surface area contributed by atoms with E-state index >= 15 is 0 Å². The van der Waals surface area contributed by atoms with Gasteiger partial charge < -0.3 is 4.74 Å². The van der Waals surface area contributed by atoms with Crippen LogP contribution in [0.5, 0.6) is 5.75 Å². The van der Waals surface area contributed by atoms with E-state index in [4.69, 9.17) is 39.5 Å². The van der Waals surface area contributed by atoms with E-state index in [-0.39, 0.29) is 6.10 Å². The van der Waals surface area contributed by atoms with Gasteiger partial charge in [0.05, 0.1) is 5.02 Å². The highest BCUT2D eigenvalue weighted by molar-refractivity contribution is 7.98. The molecule has 0 saturated carbocycles. The smallest absolute Gasteiger partial charge is 0.191 e. The highest BCUT2D eigenvalue weighted by atomic mass is 35.5. The van der Waals surface area contributed by atoms with Gasteiger partial charge in [-0.3, -0.25) is 4.57 Å². The Morgan fingerprint density at radius 1 is 1.14 bits per heavy atom. The zero-order valence-corrected chi connectivity index (χ0v) is 18.2. The summed E-state index contributed by atoms with van der Waals surface area (Å²) in [5.41, 5.74) is 1.04. The monoisotopic (exact) mass is 453 g/mol. The molecule has 3 aromatic rings. The SMILES string of the molecule is C=CCn1c(SCc2ccccc2Cl)nnc1C(C)Oc1ccc(Cl)cc1Cl. The summed E-state index contributed by atoms with van der Waals surface area (Å²) in [6.07, 6.45) is 1.44. The molecule has 4 nitrogen and oxygen atoms in total. The quantitative estimate of drug-likeness (QED) is 0.275. The molecule has 0 aliphatic carbocycles. The van der Waals surface area contributed by atoms with Crippen molar-refractivity contribution in [3.8, 4) is 5.75 Å². The van der Waals surface area contributed by atoms with E-state index in [2.05, 4.69) is 16.8 Å². The van der Waals surface area contributed by atoms with Gasteiger partial charge in [0, 0.05) is 22.3 Å². The first-order valence-corrected chi connectivity index (χ1v) is 10.6. The van der Waals surface area contributed by atoms with E-state index in [0.29, 0.717) is 33.9 Å². The van der Waals surface area contributed by atoms with E-state index in [1.165, 1.54) is 0 Å². The third-order valence-electron chi connectivity index (χ3n) is 3.93. The Balaban J connectivity index is 1.79. The van der Waals surface area contributed by atoms with Gasteiger partial charge in [-0.2, -0.15) is 0 Å². The fraction of sp³-hybridized carbons (Fsp3) is 0.200. The first kappa shape index (κ1) is 21.1. The molecule has 0 amide bonds. The number of nitrogens with zero attached hydrogens (tertiary/aromatic N) is 3. The molecule has 0 saturated heterocycles. The number of thioether (sulfide) groups is 1. The Morgan fingerprint density at radius 2 is 1.93 bits per heavy atom. The van der Waals surface area contributed by atoms with Crippen molar-refractivity contribution in [3.63, 3.8) is 0 Å². The Bertz CT molecular complexity index is 977. The molecule has 0 N–H and O–H groups in total. The number of ether oxygens (including phenoxy) is 1. The summed E-state index contributed by atoms with van der Waals surface area (Å²) in [5, 5.41) is 11.2. The molecule has 1 aromatic heterocycles. The summed E-state index contributed by atoms with van der Waals surface area (Å²) in [4.78, 5) is 0. The Morgan fingerprint density at radius 3 is 2.64 bits per heavy atom. The molecule has 0 bridgehead atoms. The Labute approximate surface area is 183 Å². The van der Waals surface area contributed by atoms with Gasteiger partial charge in [-0.25, -0.2) is 0 Å². The Kier molecular flexibility index (Phi) is 7.30. The molecule has 0 spiro atoms. The number of halogens is 3. The van der Waals surface area contributed by atoms with E-state index in [1.54, 1.807) is 36.0 Å². The van der Waals surface area contributed by atoms with Gasteiger partial charge in [0.1, 0.15) is 5.75 Å². The van der Waals surface area contributed by atoms with Gasteiger partial charge in [-0.1, -0.05) is 70.8 Å². The lowest BCUT2D eigenvalue weighted by Gasteiger charge is -2.16. The lowest BCUT2D eigenvalue weighted by molar-refractivity contribution is 0.210. The second-order valence-electron chi connectivity index (χ2n) is 5.95. The number of hydrogen-bond acceptors (Lipinski definition) is 4. The molecule has 3 rings (SSSR count). The van der Waals surface area contributed by atoms with E-state index in [0.717, 1.165) is 15.7 Å². The predicted molar refractivity (Wildman–Crippen MR) is 117 cm³/mol. The normalized spacial score (nSPS) is 12.0. The van der Waals surface area contributed by atoms with Crippen LogP contribution in [0.3, 0.4) is 0 Å². The lowest BCUT2D eigenvalue weighted by atomic mass is 10.2. The average Bonchev–Trinajstić information content (AvgIpc) is 3.06. The van der Waals surface area contributed by atoms with Gasteiger partial charge in [-0.15, -0.1) is 16.8 Å². The van der Waals surface area contributed by atoms with Crippen LogP contribution >= 0.6 is 46.6 Å². The number of aromatic nitrogens is 3. The van der Waals surface area contributed by atoms with Crippen molar-refractivity contribution in [1.29, 1.82) is 0 Å². The highest BCUT2D eigenvalue weighted by Crippen LogP contribution is 2.32. The van der Waals surface area contributed by atoms with Crippen LogP contribution in [0.15, 0.2) is 60.3 Å². The van der Waals surface area contributed by atoms with E-state index < -0.39 is 0 Å². The molecule has 146 valence electrons. The number of hydrogen-bond donors (Lipinski definition) is 0. The highest BCUT2D eigenvalue weighted by Gasteiger charge is 2.20. The molecule has 0 fully saturated rings. The van der Waals surface area contributed by atoms with Crippen molar-refractivity contribution in [2.45, 2.75) is 30.5 Å². The van der Waals surface area contributed by atoms with Crippen LogP contribution in [0.1, 0.15) is 24.4 Å². The maximum atomic E-state index is 6.25. The Hall–Kier alpha value is -1.66. The topological polar surface area (TPSA) is 39.9 Å². The minimum atomic E-state index is -0.360. The summed E-state index contributed by atoms with van der Waals surface area (Å²) >= 11 is 20.0. The van der Waals surface area contributed by atoms with E-state index in [9.17, 15) is 0 Å². The van der Waals surface area contributed by atoms with Crippen molar-refractivity contribution < 1.29 is 4.74 Å². The summed E-state index contributed by atoms with van der Waals surface area (Å²) in [5.74, 6) is 1.91. The van der Waals surface area contributed by atoms with Crippen LogP contribution < -0.4 is 4.74 Å². The predicted octanol–water partition coefficient (Wildman–Crippen LogP) is 6.86. The second-order valence-corrected chi connectivity index (χ2v) is 8.15. The van der Waals surface area contributed by atoms with Gasteiger partial charge in [0.25, 0.3) is 0 Å². The summed E-state index contributed by atoms with van der Waals surface area (Å²) < 4.78 is 7.97. The van der Waals surface area contributed by atoms with Crippen LogP contribution in [0, 0.1) is 0 Å². The third-order valence-corrected chi connectivity index (χ3v) is 5.85. The van der Waals surface area contributed by atoms with Crippen molar-refractivity contribution in [2.24, 2.45) is 0 Å². The molecule has 0 aliphatic rings. The fourth-order valence-corrected chi connectivity index (χ4v) is 4.27. The minimum Gasteiger partial charge on any atom is -0.481 e. The van der Waals surface area contributed by atoms with Crippen molar-refractivity contribution in [3.05, 3.63) is 81.6 Å². The molecular weight excluding hydrogens is 437 g/mol. The molecule has 28 heavy (non-hydrogen) atoms. The first-order chi connectivity index (χ1) is 13.5. The van der Waals surface area contributed by atoms with Crippen LogP contribution in [0.2, 0.25) is 15.1 Å². The fourth-order valence-electron chi connectivity index (χ4n) is 2.58. The van der Waals surface area contributed by atoms with Crippen LogP contribution in [0.25, 0.3) is 0 Å². The molecule has 2 aromatic carbocycles. The van der Waals surface area contributed by atoms with Gasteiger partial charge in [-0.05, 0) is 36.8 Å². The molecule has 1 unspecified atom stereocenters. The lowest BCUT2D eigenvalue weighted by Crippen LogP contribution is -2.12. The molecular formula is C20H18Cl3N3OS. The molecule has 1 heterocycles. The standard InChI is InChI=1S/C20H18Cl3N3OS/c1-3-10-26-19(13(2)27-18-9-8-15(21)11-17(18)23)24-25-20(26)28-12-14-6-4-5-7-16(14)22/h3-9,11,13H,1,10,12H2,2H3. The minimum absolute atomic E-state index is 0.360. The summed E-state index contributed by atoms with van der Waals surface area (Å²) in [7, 11) is 0. The van der Waals surface area contributed by atoms with Crippen LogP contribution in [0.4, 0.5) is 0 Å². The molecule has 1 atom stereocenters. The first-order valence-electron chi connectivity index (χ1n) is 8.51. The average molecular weight is 455 g/mol. The maximum absolute atomic E-state index is 6.25. The maximum Gasteiger partial charge on any atom is 0.191 e. The van der Waals surface area contributed by atoms with Crippen molar-refractivity contribution >= 4 is 46.6 Å². The van der Waals surface area contributed by atoms with Gasteiger partial charge in [0.15, 0.2) is 17.1 Å². The third kappa shape index (κ3) is 5.03.